The molecular weight excluding hydrogens is 608 g/mol. The lowest BCUT2D eigenvalue weighted by molar-refractivity contribution is -0.267. The normalized spacial score (nSPS) is 12.3. The van der Waals surface area contributed by atoms with Crippen molar-refractivity contribution in [1.82, 2.24) is 0 Å². The van der Waals surface area contributed by atoms with E-state index >= 15 is 0 Å². The smallest absolute Gasteiger partial charge is 0.320 e. The monoisotopic (exact) mass is 626 g/mol. The van der Waals surface area contributed by atoms with Crippen LogP contribution in [-0.2, 0) is 11.0 Å². The molecule has 2 nitrogen and oxygen atoms in total. The molecule has 0 radical (unpaired) electrons. The van der Waals surface area contributed by atoms with Crippen LogP contribution in [-0.4, -0.2) is 18.0 Å². The van der Waals surface area contributed by atoms with Crippen LogP contribution < -0.4 is 21.2 Å². The van der Waals surface area contributed by atoms with Crippen molar-refractivity contribution in [3.8, 4) is 0 Å². The fourth-order valence-electron chi connectivity index (χ4n) is 4.19. The van der Waals surface area contributed by atoms with Gasteiger partial charge in [-0.05, 0) is 64.5 Å². The van der Waals surface area contributed by atoms with Crippen molar-refractivity contribution in [2.24, 2.45) is 0 Å². The Balaban J connectivity index is 1.95. The van der Waals surface area contributed by atoms with Gasteiger partial charge in [-0.25, -0.2) is 0 Å². The minimum Gasteiger partial charge on any atom is -0.320 e. The molecule has 0 saturated carbocycles. The fraction of sp³-hybridized carbons (Fsp3) is 0.107. The molecule has 4 rings (SSSR count). The summed E-state index contributed by atoms with van der Waals surface area (Å²) in [6.07, 6.45) is -5.85. The van der Waals surface area contributed by atoms with Gasteiger partial charge in [0.2, 0.25) is 0 Å². The number of amides is 1. The highest BCUT2D eigenvalue weighted by Gasteiger charge is 2.63. The molecule has 0 spiro atoms. The molecule has 0 heterocycles. The van der Waals surface area contributed by atoms with Crippen LogP contribution in [0.5, 0.6) is 0 Å². The van der Waals surface area contributed by atoms with Gasteiger partial charge in [0.25, 0.3) is 0 Å². The Kier molecular flexibility index (Phi) is 8.26. The Morgan fingerprint density at radius 2 is 1.18 bits per heavy atom. The number of carbonyl (C=O) groups excluding carboxylic acids is 1. The van der Waals surface area contributed by atoms with Gasteiger partial charge in [0.05, 0.1) is 5.02 Å². The summed E-state index contributed by atoms with van der Waals surface area (Å²) in [5.41, 5.74) is 0.122. The van der Waals surface area contributed by atoms with Crippen LogP contribution in [0.25, 0.3) is 0 Å². The zero-order valence-corrected chi connectivity index (χ0v) is 22.8. The minimum atomic E-state index is -6.05. The molecule has 1 amide bonds. The first-order chi connectivity index (χ1) is 18.0. The van der Waals surface area contributed by atoms with Gasteiger partial charge in [0, 0.05) is 15.7 Å². The van der Waals surface area contributed by atoms with Crippen molar-refractivity contribution in [2.75, 3.05) is 5.32 Å². The second-order valence-electron chi connectivity index (χ2n) is 8.42. The molecule has 0 bridgehead atoms. The number of nitrogens with one attached hydrogen (secondary N) is 1. The second kappa shape index (κ2) is 11.1. The summed E-state index contributed by atoms with van der Waals surface area (Å²) in [6.45, 7) is 0. The molecular formula is C28H20BrClF5NOP+. The average Bonchev–Trinajstić information content (AvgIpc) is 2.90. The van der Waals surface area contributed by atoms with E-state index in [1.165, 1.54) is 6.07 Å². The maximum atomic E-state index is 13.9. The van der Waals surface area contributed by atoms with Crippen molar-refractivity contribution < 1.29 is 26.7 Å². The van der Waals surface area contributed by atoms with Crippen LogP contribution in [0.2, 0.25) is 5.02 Å². The predicted octanol–water partition coefficient (Wildman–Crippen LogP) is 7.73. The van der Waals surface area contributed by atoms with Crippen LogP contribution in [0.1, 0.15) is 5.56 Å². The van der Waals surface area contributed by atoms with E-state index in [1.54, 1.807) is 11.4 Å². The molecule has 0 aromatic heterocycles. The van der Waals surface area contributed by atoms with Gasteiger partial charge in [0.1, 0.15) is 29.3 Å². The Morgan fingerprint density at radius 1 is 0.763 bits per heavy atom. The van der Waals surface area contributed by atoms with E-state index in [4.69, 9.17) is 11.6 Å². The largest absolute Gasteiger partial charge is 0.463 e. The van der Waals surface area contributed by atoms with Crippen LogP contribution in [0, 0.1) is 0 Å². The molecule has 10 heteroatoms. The number of benzene rings is 4. The first-order valence-corrected chi connectivity index (χ1v) is 14.4. The summed E-state index contributed by atoms with van der Waals surface area (Å²) in [5.74, 6) is -8.07. The Hall–Kier alpha value is -2.80. The molecule has 38 heavy (non-hydrogen) atoms. The van der Waals surface area contributed by atoms with Crippen molar-refractivity contribution in [3.63, 3.8) is 0 Å². The second-order valence-corrected chi connectivity index (χ2v) is 13.2. The molecule has 0 atom stereocenters. The van der Waals surface area contributed by atoms with Gasteiger partial charge < -0.3 is 5.32 Å². The lowest BCUT2D eigenvalue weighted by atomic mass is 10.2. The molecule has 1 N–H and O–H groups in total. The summed E-state index contributed by atoms with van der Waals surface area (Å²) in [7, 11) is -2.58. The van der Waals surface area contributed by atoms with Crippen LogP contribution >= 0.6 is 34.8 Å². The van der Waals surface area contributed by atoms with Gasteiger partial charge in [0.15, 0.2) is 0 Å². The number of carbonyl (C=O) groups is 1. The summed E-state index contributed by atoms with van der Waals surface area (Å²) in [5, 5.41) is 4.73. The van der Waals surface area contributed by atoms with E-state index in [0.717, 1.165) is 15.9 Å². The van der Waals surface area contributed by atoms with E-state index < -0.39 is 25.3 Å². The molecule has 4 aromatic carbocycles. The fourth-order valence-corrected chi connectivity index (χ4v) is 9.00. The standard InChI is InChI=1S/C28H19BrClF5NOP/c29-23-16-19(25(17-24(23)30)36-26(37)27(31,32)28(33,34)35)18-38(20-10-4-1-5-11-20,21-12-6-2-7-13-21)22-14-8-3-9-15-22/h1-17H,18H2/p+1. The number of anilines is 1. The van der Waals surface area contributed by atoms with Gasteiger partial charge in [-0.2, -0.15) is 22.0 Å². The number of hydrogen-bond acceptors (Lipinski definition) is 1. The molecule has 0 aliphatic carbocycles. The molecule has 196 valence electrons. The SMILES string of the molecule is O=C(Nc1cc(Cl)c(Br)cc1C[P+](c1ccccc1)(c1ccccc1)c1ccccc1)C(F)(F)C(F)(F)F. The van der Waals surface area contributed by atoms with Crippen molar-refractivity contribution in [3.05, 3.63) is 118 Å². The van der Waals surface area contributed by atoms with Crippen molar-refractivity contribution >= 4 is 62.3 Å². The number of hydrogen-bond donors (Lipinski definition) is 1. The highest BCUT2D eigenvalue weighted by molar-refractivity contribution is 9.10. The third-order valence-electron chi connectivity index (χ3n) is 6.03. The first kappa shape index (κ1) is 28.2. The summed E-state index contributed by atoms with van der Waals surface area (Å²) in [4.78, 5) is 12.2. The van der Waals surface area contributed by atoms with Crippen LogP contribution in [0.4, 0.5) is 27.6 Å². The zero-order chi connectivity index (χ0) is 27.6. The lowest BCUT2D eigenvalue weighted by Crippen LogP contribution is -2.47. The third kappa shape index (κ3) is 5.49. The minimum absolute atomic E-state index is 0.0439. The lowest BCUT2D eigenvalue weighted by Gasteiger charge is -2.29. The maximum absolute atomic E-state index is 13.9. The van der Waals surface area contributed by atoms with E-state index in [2.05, 4.69) is 15.9 Å². The van der Waals surface area contributed by atoms with E-state index in [1.807, 2.05) is 91.0 Å². The van der Waals surface area contributed by atoms with Crippen molar-refractivity contribution in [1.29, 1.82) is 0 Å². The van der Waals surface area contributed by atoms with Gasteiger partial charge in [-0.15, -0.1) is 0 Å². The van der Waals surface area contributed by atoms with E-state index in [0.29, 0.717) is 10.0 Å². The predicted molar refractivity (Wildman–Crippen MR) is 148 cm³/mol. The number of halogens is 7. The molecule has 0 fully saturated rings. The topological polar surface area (TPSA) is 29.1 Å². The number of alkyl halides is 5. The summed E-state index contributed by atoms with van der Waals surface area (Å²) in [6, 6.07) is 31.5. The third-order valence-corrected chi connectivity index (χ3v) is 11.6. The molecule has 0 aliphatic rings. The average molecular weight is 628 g/mol. The summed E-state index contributed by atoms with van der Waals surface area (Å²) < 4.78 is 66.9. The summed E-state index contributed by atoms with van der Waals surface area (Å²) >= 11 is 9.53. The first-order valence-electron chi connectivity index (χ1n) is 11.3. The molecule has 0 aliphatic heterocycles. The van der Waals surface area contributed by atoms with E-state index in [9.17, 15) is 26.7 Å². The molecule has 0 unspecified atom stereocenters. The van der Waals surface area contributed by atoms with Gasteiger partial charge >= 0.3 is 18.0 Å². The van der Waals surface area contributed by atoms with Gasteiger partial charge in [-0.1, -0.05) is 66.2 Å². The quantitative estimate of drug-likeness (QED) is 0.165. The molecule has 0 saturated heterocycles. The van der Waals surface area contributed by atoms with Crippen molar-refractivity contribution in [2.45, 2.75) is 18.3 Å². The van der Waals surface area contributed by atoms with E-state index in [-0.39, 0.29) is 16.9 Å². The highest BCUT2D eigenvalue weighted by Crippen LogP contribution is 2.59. The zero-order valence-electron chi connectivity index (χ0n) is 19.5. The maximum Gasteiger partial charge on any atom is 0.463 e. The van der Waals surface area contributed by atoms with Crippen LogP contribution in [0.15, 0.2) is 108 Å². The Morgan fingerprint density at radius 3 is 1.58 bits per heavy atom. The Bertz CT molecular complexity index is 1320. The van der Waals surface area contributed by atoms with Gasteiger partial charge in [-0.3, -0.25) is 4.79 Å². The number of rotatable bonds is 7. The van der Waals surface area contributed by atoms with Crippen LogP contribution in [0.3, 0.4) is 0 Å². The Labute approximate surface area is 230 Å². The molecule has 4 aromatic rings. The highest BCUT2D eigenvalue weighted by atomic mass is 79.9.